The number of nitrogens with zero attached hydrogens (tertiary/aromatic N) is 1. The van der Waals surface area contributed by atoms with Crippen LogP contribution in [0.15, 0.2) is 39.7 Å². The number of aliphatic carboxylic acids is 1. The van der Waals surface area contributed by atoms with E-state index >= 15 is 0 Å². The summed E-state index contributed by atoms with van der Waals surface area (Å²) in [5, 5.41) is 9.35. The van der Waals surface area contributed by atoms with Crippen LogP contribution in [0.1, 0.15) is 42.6 Å². The molecule has 1 saturated carbocycles. The summed E-state index contributed by atoms with van der Waals surface area (Å²) in [6.45, 7) is 4.09. The Balaban J connectivity index is 1.56. The van der Waals surface area contributed by atoms with E-state index in [0.29, 0.717) is 27.8 Å². The van der Waals surface area contributed by atoms with Crippen LogP contribution >= 0.6 is 24.0 Å². The van der Waals surface area contributed by atoms with E-state index in [1.807, 2.05) is 44.2 Å². The summed E-state index contributed by atoms with van der Waals surface area (Å²) in [5.74, 6) is -0.00663. The third kappa shape index (κ3) is 3.96. The summed E-state index contributed by atoms with van der Waals surface area (Å²) in [6.07, 6.45) is 4.40. The number of carbonyl (C=O) groups is 2. The number of carbonyl (C=O) groups excluding carboxylic acids is 1. The number of benzene rings is 1. The first-order valence-electron chi connectivity index (χ1n) is 10.0. The average Bonchev–Trinajstić information content (AvgIpc) is 3.26. The monoisotopic (exact) mass is 441 g/mol. The van der Waals surface area contributed by atoms with Gasteiger partial charge in [-0.15, -0.1) is 0 Å². The molecule has 30 heavy (non-hydrogen) atoms. The molecule has 2 aromatic rings. The van der Waals surface area contributed by atoms with Gasteiger partial charge in [0.15, 0.2) is 0 Å². The summed E-state index contributed by atoms with van der Waals surface area (Å²) < 4.78 is 6.51. The van der Waals surface area contributed by atoms with Gasteiger partial charge in [0.05, 0.1) is 10.8 Å². The molecule has 2 fully saturated rings. The second-order valence-corrected chi connectivity index (χ2v) is 9.55. The van der Waals surface area contributed by atoms with Gasteiger partial charge in [-0.1, -0.05) is 48.6 Å². The molecule has 2 atom stereocenters. The molecular weight excluding hydrogens is 418 g/mol. The van der Waals surface area contributed by atoms with Gasteiger partial charge in [-0.05, 0) is 56.4 Å². The third-order valence-electron chi connectivity index (χ3n) is 5.81. The Hall–Kier alpha value is -2.38. The first-order chi connectivity index (χ1) is 14.3. The predicted octanol–water partition coefficient (Wildman–Crippen LogP) is 5.41. The Bertz CT molecular complexity index is 1030. The van der Waals surface area contributed by atoms with Crippen LogP contribution in [-0.2, 0) is 9.59 Å². The summed E-state index contributed by atoms with van der Waals surface area (Å²) in [7, 11) is 0. The molecule has 2 heterocycles. The smallest absolute Gasteiger partial charge is 0.306 e. The molecule has 5 nitrogen and oxygen atoms in total. The van der Waals surface area contributed by atoms with Crippen molar-refractivity contribution in [3.8, 4) is 11.3 Å². The minimum absolute atomic E-state index is 0.153. The van der Waals surface area contributed by atoms with Crippen LogP contribution in [0.25, 0.3) is 17.4 Å². The van der Waals surface area contributed by atoms with Crippen molar-refractivity contribution >= 4 is 46.3 Å². The second kappa shape index (κ2) is 8.40. The van der Waals surface area contributed by atoms with Gasteiger partial charge in [0.1, 0.15) is 15.8 Å². The van der Waals surface area contributed by atoms with Crippen molar-refractivity contribution in [1.82, 2.24) is 4.90 Å². The van der Waals surface area contributed by atoms with Gasteiger partial charge in [-0.3, -0.25) is 14.5 Å². The molecule has 7 heteroatoms. The van der Waals surface area contributed by atoms with Crippen LogP contribution in [0.2, 0.25) is 0 Å². The lowest BCUT2D eigenvalue weighted by Gasteiger charge is -2.32. The molecule has 1 aromatic carbocycles. The molecule has 156 valence electrons. The Labute approximate surface area is 185 Å². The lowest BCUT2D eigenvalue weighted by Crippen LogP contribution is -2.42. The van der Waals surface area contributed by atoms with Gasteiger partial charge in [0, 0.05) is 17.7 Å². The van der Waals surface area contributed by atoms with Crippen LogP contribution in [-0.4, -0.2) is 32.2 Å². The Morgan fingerprint density at radius 3 is 2.67 bits per heavy atom. The SMILES string of the molecule is Cc1cccc(C)c1-c1ccc(C=C2SC(=S)N(C3CCCC(C(=O)O)C3)C2=O)o1. The maximum Gasteiger partial charge on any atom is 0.306 e. The van der Waals surface area contributed by atoms with E-state index < -0.39 is 11.9 Å². The van der Waals surface area contributed by atoms with Crippen molar-refractivity contribution in [2.24, 2.45) is 5.92 Å². The maximum absolute atomic E-state index is 13.0. The zero-order chi connectivity index (χ0) is 21.4. The van der Waals surface area contributed by atoms with Crippen molar-refractivity contribution < 1.29 is 19.1 Å². The fourth-order valence-electron chi connectivity index (χ4n) is 4.31. The van der Waals surface area contributed by atoms with Crippen LogP contribution in [0.3, 0.4) is 0 Å². The normalized spacial score (nSPS) is 23.4. The Morgan fingerprint density at radius 1 is 1.23 bits per heavy atom. The van der Waals surface area contributed by atoms with E-state index in [-0.39, 0.29) is 11.9 Å². The van der Waals surface area contributed by atoms with E-state index in [1.54, 1.807) is 11.0 Å². The van der Waals surface area contributed by atoms with Gasteiger partial charge in [0.2, 0.25) is 0 Å². The largest absolute Gasteiger partial charge is 0.481 e. The molecule has 1 amide bonds. The molecular formula is C23H23NO4S2. The van der Waals surface area contributed by atoms with E-state index in [9.17, 15) is 14.7 Å². The molecule has 1 aromatic heterocycles. The summed E-state index contributed by atoms with van der Waals surface area (Å²) in [5.41, 5.74) is 3.33. The van der Waals surface area contributed by atoms with Gasteiger partial charge >= 0.3 is 5.97 Å². The van der Waals surface area contributed by atoms with E-state index in [4.69, 9.17) is 16.6 Å². The van der Waals surface area contributed by atoms with Gasteiger partial charge < -0.3 is 9.52 Å². The van der Waals surface area contributed by atoms with E-state index in [2.05, 4.69) is 0 Å². The molecule has 0 spiro atoms. The number of hydrogen-bond acceptors (Lipinski definition) is 5. The van der Waals surface area contributed by atoms with Crippen LogP contribution in [0.4, 0.5) is 0 Å². The highest BCUT2D eigenvalue weighted by Gasteiger charge is 2.40. The standard InChI is InChI=1S/C23H23NO4S2/c1-13-5-3-6-14(2)20(13)18-10-9-17(28-18)12-19-21(25)24(23(29)30-19)16-8-4-7-15(11-16)22(26)27/h3,5-6,9-10,12,15-16H,4,7-8,11H2,1-2H3,(H,26,27). The van der Waals surface area contributed by atoms with Gasteiger partial charge in [-0.25, -0.2) is 0 Å². The molecule has 1 N–H and O–H groups in total. The minimum Gasteiger partial charge on any atom is -0.481 e. The Morgan fingerprint density at radius 2 is 1.97 bits per heavy atom. The molecule has 0 radical (unpaired) electrons. The van der Waals surface area contributed by atoms with Crippen molar-refractivity contribution in [3.63, 3.8) is 0 Å². The van der Waals surface area contributed by atoms with E-state index in [1.165, 1.54) is 11.8 Å². The number of carboxylic acids is 1. The highest BCUT2D eigenvalue weighted by atomic mass is 32.2. The fraction of sp³-hybridized carbons (Fsp3) is 0.348. The van der Waals surface area contributed by atoms with Crippen molar-refractivity contribution in [2.45, 2.75) is 45.6 Å². The number of thioether (sulfide) groups is 1. The average molecular weight is 442 g/mol. The lowest BCUT2D eigenvalue weighted by atomic mass is 9.85. The summed E-state index contributed by atoms with van der Waals surface area (Å²) in [6, 6.07) is 9.73. The lowest BCUT2D eigenvalue weighted by molar-refractivity contribution is -0.144. The first kappa shape index (κ1) is 20.9. The third-order valence-corrected chi connectivity index (χ3v) is 7.14. The van der Waals surface area contributed by atoms with Crippen molar-refractivity contribution in [3.05, 3.63) is 52.1 Å². The molecule has 1 aliphatic carbocycles. The summed E-state index contributed by atoms with van der Waals surface area (Å²) >= 11 is 6.71. The number of thiocarbonyl (C=S) groups is 1. The van der Waals surface area contributed by atoms with Crippen LogP contribution in [0.5, 0.6) is 0 Å². The zero-order valence-corrected chi connectivity index (χ0v) is 18.5. The van der Waals surface area contributed by atoms with E-state index in [0.717, 1.165) is 35.3 Å². The number of hydrogen-bond donors (Lipinski definition) is 1. The zero-order valence-electron chi connectivity index (χ0n) is 16.9. The minimum atomic E-state index is -0.796. The van der Waals surface area contributed by atoms with Crippen molar-refractivity contribution in [2.75, 3.05) is 0 Å². The molecule has 1 saturated heterocycles. The number of amides is 1. The number of furan rings is 1. The number of rotatable bonds is 4. The van der Waals surface area contributed by atoms with Gasteiger partial charge in [0.25, 0.3) is 5.91 Å². The highest BCUT2D eigenvalue weighted by molar-refractivity contribution is 8.26. The molecule has 1 aliphatic heterocycles. The fourth-order valence-corrected chi connectivity index (χ4v) is 5.70. The van der Waals surface area contributed by atoms with Gasteiger partial charge in [-0.2, -0.15) is 0 Å². The quantitative estimate of drug-likeness (QED) is 0.505. The van der Waals surface area contributed by atoms with Crippen LogP contribution < -0.4 is 0 Å². The predicted molar refractivity (Wildman–Crippen MR) is 122 cm³/mol. The number of aryl methyl sites for hydroxylation is 2. The second-order valence-electron chi connectivity index (χ2n) is 7.88. The van der Waals surface area contributed by atoms with Crippen LogP contribution in [0, 0.1) is 19.8 Å². The molecule has 0 bridgehead atoms. The molecule has 4 rings (SSSR count). The maximum atomic E-state index is 13.0. The molecule has 2 aliphatic rings. The topological polar surface area (TPSA) is 70.8 Å². The Kier molecular flexibility index (Phi) is 5.84. The number of carboxylic acid groups (broad SMARTS) is 1. The highest BCUT2D eigenvalue weighted by Crippen LogP contribution is 2.39. The summed E-state index contributed by atoms with van der Waals surface area (Å²) in [4.78, 5) is 26.5. The molecule has 2 unspecified atom stereocenters. The first-order valence-corrected chi connectivity index (χ1v) is 11.2. The van der Waals surface area contributed by atoms with Crippen molar-refractivity contribution in [1.29, 1.82) is 0 Å².